The number of benzene rings is 1. The first-order valence-electron chi connectivity index (χ1n) is 7.33. The molecule has 3 nitrogen and oxygen atoms in total. The summed E-state index contributed by atoms with van der Waals surface area (Å²) in [7, 11) is 0. The molecule has 0 N–H and O–H groups in total. The Hall–Kier alpha value is -1.55. The number of aromatic nitrogens is 1. The van der Waals surface area contributed by atoms with Crippen molar-refractivity contribution < 1.29 is 9.21 Å². The summed E-state index contributed by atoms with van der Waals surface area (Å²) < 4.78 is 5.72. The van der Waals surface area contributed by atoms with Crippen LogP contribution in [0.25, 0.3) is 11.5 Å². The first-order valence-corrected chi connectivity index (χ1v) is 8.49. The Morgan fingerprint density at radius 1 is 1.33 bits per heavy atom. The molecular formula is C17H19NO2S. The number of aryl methyl sites for hydroxylation is 1. The van der Waals surface area contributed by atoms with Gasteiger partial charge in [-0.15, -0.1) is 11.8 Å². The average molecular weight is 301 g/mol. The van der Waals surface area contributed by atoms with Crippen molar-refractivity contribution in [1.82, 2.24) is 4.98 Å². The fourth-order valence-electron chi connectivity index (χ4n) is 2.23. The third-order valence-corrected chi connectivity index (χ3v) is 4.63. The Balaban J connectivity index is 1.56. The van der Waals surface area contributed by atoms with Gasteiger partial charge in [0.25, 0.3) is 0 Å². The van der Waals surface area contributed by atoms with E-state index in [4.69, 9.17) is 4.42 Å². The molecule has 1 aliphatic carbocycles. The molecule has 110 valence electrons. The van der Waals surface area contributed by atoms with Gasteiger partial charge in [0, 0.05) is 17.7 Å². The van der Waals surface area contributed by atoms with Gasteiger partial charge >= 0.3 is 0 Å². The molecule has 1 saturated carbocycles. The highest BCUT2D eigenvalue weighted by atomic mass is 32.2. The third-order valence-electron chi connectivity index (χ3n) is 3.63. The average Bonchev–Trinajstić information content (AvgIpc) is 3.22. The van der Waals surface area contributed by atoms with E-state index in [2.05, 4.69) is 4.98 Å². The minimum absolute atomic E-state index is 0.368. The number of carbonyl (C=O) groups excluding carboxylic acids is 1. The van der Waals surface area contributed by atoms with Crippen molar-refractivity contribution in [3.63, 3.8) is 0 Å². The lowest BCUT2D eigenvalue weighted by molar-refractivity contribution is -0.116. The molecule has 1 aliphatic rings. The lowest BCUT2D eigenvalue weighted by Gasteiger charge is -1.99. The summed E-state index contributed by atoms with van der Waals surface area (Å²) >= 11 is 1.63. The number of rotatable bonds is 7. The molecule has 3 rings (SSSR count). The van der Waals surface area contributed by atoms with Crippen molar-refractivity contribution in [2.75, 3.05) is 5.75 Å². The molecule has 0 aliphatic heterocycles. The van der Waals surface area contributed by atoms with Gasteiger partial charge in [0.2, 0.25) is 5.89 Å². The lowest BCUT2D eigenvalue weighted by Crippen LogP contribution is -2.02. The summed E-state index contributed by atoms with van der Waals surface area (Å²) in [4.78, 5) is 16.3. The molecule has 0 amide bonds. The molecule has 0 spiro atoms. The first kappa shape index (κ1) is 14.4. The zero-order chi connectivity index (χ0) is 14.7. The monoisotopic (exact) mass is 301 g/mol. The Kier molecular flexibility index (Phi) is 4.44. The molecular weight excluding hydrogens is 282 g/mol. The molecule has 1 aromatic heterocycles. The van der Waals surface area contributed by atoms with E-state index in [0.717, 1.165) is 29.2 Å². The highest BCUT2D eigenvalue weighted by molar-refractivity contribution is 7.99. The number of ketones is 1. The van der Waals surface area contributed by atoms with Gasteiger partial charge < -0.3 is 4.42 Å². The molecule has 0 saturated heterocycles. The number of thioether (sulfide) groups is 1. The highest BCUT2D eigenvalue weighted by Gasteiger charge is 2.24. The second-order valence-corrected chi connectivity index (χ2v) is 6.55. The number of oxazole rings is 1. The van der Waals surface area contributed by atoms with Crippen LogP contribution in [0, 0.1) is 12.8 Å². The van der Waals surface area contributed by atoms with Gasteiger partial charge in [0.1, 0.15) is 11.5 Å². The number of nitrogens with zero attached hydrogens (tertiary/aromatic N) is 1. The molecule has 1 fully saturated rings. The van der Waals surface area contributed by atoms with Crippen LogP contribution in [-0.4, -0.2) is 16.5 Å². The van der Waals surface area contributed by atoms with Crippen LogP contribution >= 0.6 is 11.8 Å². The Morgan fingerprint density at radius 2 is 2.10 bits per heavy atom. The van der Waals surface area contributed by atoms with Crippen LogP contribution in [0.5, 0.6) is 0 Å². The van der Waals surface area contributed by atoms with Crippen LogP contribution in [0.4, 0.5) is 0 Å². The van der Waals surface area contributed by atoms with E-state index < -0.39 is 0 Å². The van der Waals surface area contributed by atoms with Crippen LogP contribution in [-0.2, 0) is 10.5 Å². The quantitative estimate of drug-likeness (QED) is 0.766. The summed E-state index contributed by atoms with van der Waals surface area (Å²) in [6.45, 7) is 1.93. The highest BCUT2D eigenvalue weighted by Crippen LogP contribution is 2.33. The summed E-state index contributed by atoms with van der Waals surface area (Å²) in [5.74, 6) is 3.87. The fraction of sp³-hybridized carbons (Fsp3) is 0.412. The fourth-order valence-corrected chi connectivity index (χ4v) is 3.14. The van der Waals surface area contributed by atoms with E-state index in [1.807, 2.05) is 37.3 Å². The van der Waals surface area contributed by atoms with Crippen molar-refractivity contribution in [1.29, 1.82) is 0 Å². The molecule has 21 heavy (non-hydrogen) atoms. The molecule has 0 unspecified atom stereocenters. The van der Waals surface area contributed by atoms with Gasteiger partial charge in [-0.25, -0.2) is 4.98 Å². The van der Waals surface area contributed by atoms with Crippen LogP contribution in [0.3, 0.4) is 0 Å². The van der Waals surface area contributed by atoms with E-state index in [9.17, 15) is 4.79 Å². The van der Waals surface area contributed by atoms with Crippen LogP contribution < -0.4 is 0 Å². The topological polar surface area (TPSA) is 43.1 Å². The zero-order valence-electron chi connectivity index (χ0n) is 12.2. The first-order chi connectivity index (χ1) is 10.2. The molecule has 0 bridgehead atoms. The second kappa shape index (κ2) is 6.48. The maximum absolute atomic E-state index is 11.7. The molecule has 2 aromatic rings. The minimum atomic E-state index is 0.368. The van der Waals surface area contributed by atoms with Gasteiger partial charge in [-0.3, -0.25) is 4.79 Å². The summed E-state index contributed by atoms with van der Waals surface area (Å²) in [6, 6.07) is 9.89. The van der Waals surface area contributed by atoms with Crippen molar-refractivity contribution in [2.24, 2.45) is 5.92 Å². The molecule has 0 atom stereocenters. The van der Waals surface area contributed by atoms with Gasteiger partial charge in [0.15, 0.2) is 0 Å². The third kappa shape index (κ3) is 3.97. The van der Waals surface area contributed by atoms with Crippen molar-refractivity contribution in [2.45, 2.75) is 31.9 Å². The Morgan fingerprint density at radius 3 is 2.81 bits per heavy atom. The van der Waals surface area contributed by atoms with Gasteiger partial charge in [0.05, 0.1) is 11.4 Å². The van der Waals surface area contributed by atoms with Crippen LogP contribution in [0.2, 0.25) is 0 Å². The Bertz CT molecular complexity index is 617. The smallest absolute Gasteiger partial charge is 0.226 e. The van der Waals surface area contributed by atoms with Gasteiger partial charge in [-0.1, -0.05) is 18.2 Å². The van der Waals surface area contributed by atoms with Gasteiger partial charge in [-0.05, 0) is 37.8 Å². The largest absolute Gasteiger partial charge is 0.441 e. The molecule has 4 heteroatoms. The Labute approximate surface area is 129 Å². The predicted molar refractivity (Wildman–Crippen MR) is 85.2 cm³/mol. The SMILES string of the molecule is Cc1oc(-c2ccccc2)nc1CSCC(=O)CC1CC1. The van der Waals surface area contributed by atoms with E-state index in [1.165, 1.54) is 12.8 Å². The molecule has 1 aromatic carbocycles. The lowest BCUT2D eigenvalue weighted by atomic mass is 10.2. The van der Waals surface area contributed by atoms with E-state index >= 15 is 0 Å². The molecule has 1 heterocycles. The van der Waals surface area contributed by atoms with Crippen molar-refractivity contribution in [3.8, 4) is 11.5 Å². The maximum Gasteiger partial charge on any atom is 0.226 e. The number of Topliss-reactive ketones (excluding diaryl/α,β-unsaturated/α-hetero) is 1. The zero-order valence-corrected chi connectivity index (χ0v) is 13.0. The predicted octanol–water partition coefficient (Wildman–Crippen LogP) is 4.25. The summed E-state index contributed by atoms with van der Waals surface area (Å²) in [5, 5.41) is 0. The summed E-state index contributed by atoms with van der Waals surface area (Å²) in [5.41, 5.74) is 1.93. The number of carbonyl (C=O) groups is 1. The van der Waals surface area contributed by atoms with Crippen LogP contribution in [0.15, 0.2) is 34.7 Å². The number of hydrogen-bond acceptors (Lipinski definition) is 4. The normalized spacial score (nSPS) is 14.3. The second-order valence-electron chi connectivity index (χ2n) is 5.57. The standard InChI is InChI=1S/C17H19NO2S/c1-12-16(11-21-10-15(19)9-13-7-8-13)18-17(20-12)14-5-3-2-4-6-14/h2-6,13H,7-11H2,1H3. The minimum Gasteiger partial charge on any atom is -0.441 e. The maximum atomic E-state index is 11.7. The van der Waals surface area contributed by atoms with Crippen molar-refractivity contribution >= 4 is 17.5 Å². The van der Waals surface area contributed by atoms with Gasteiger partial charge in [-0.2, -0.15) is 0 Å². The van der Waals surface area contributed by atoms with E-state index in [1.54, 1.807) is 11.8 Å². The number of hydrogen-bond donors (Lipinski definition) is 0. The van der Waals surface area contributed by atoms with E-state index in [-0.39, 0.29) is 0 Å². The van der Waals surface area contributed by atoms with E-state index in [0.29, 0.717) is 23.3 Å². The molecule has 0 radical (unpaired) electrons. The summed E-state index contributed by atoms with van der Waals surface area (Å²) in [6.07, 6.45) is 3.23. The van der Waals surface area contributed by atoms with Crippen LogP contribution in [0.1, 0.15) is 30.7 Å². The van der Waals surface area contributed by atoms with Crippen molar-refractivity contribution in [3.05, 3.63) is 41.8 Å².